The number of alkyl halides is 1. The van der Waals surface area contributed by atoms with E-state index in [-0.39, 0.29) is 10.4 Å². The first-order chi connectivity index (χ1) is 8.09. The lowest BCUT2D eigenvalue weighted by Gasteiger charge is -2.13. The minimum Gasteiger partial charge on any atom is -0.207 e. The predicted octanol–water partition coefficient (Wildman–Crippen LogP) is 4.59. The molecule has 0 aromatic heterocycles. The third-order valence-electron chi connectivity index (χ3n) is 4.15. The largest absolute Gasteiger partial charge is 0.207 e. The van der Waals surface area contributed by atoms with Gasteiger partial charge in [0.2, 0.25) is 0 Å². The van der Waals surface area contributed by atoms with Gasteiger partial charge in [0.25, 0.3) is 0 Å². The van der Waals surface area contributed by atoms with Crippen LogP contribution in [0.15, 0.2) is 12.1 Å². The van der Waals surface area contributed by atoms with Crippen LogP contribution in [0.5, 0.6) is 0 Å². The van der Waals surface area contributed by atoms with Crippen LogP contribution in [0.2, 0.25) is 0 Å². The van der Waals surface area contributed by atoms with Crippen LogP contribution >= 0.6 is 15.9 Å². The van der Waals surface area contributed by atoms with Gasteiger partial charge in [-0.2, -0.15) is 0 Å². The van der Waals surface area contributed by atoms with E-state index < -0.39 is 17.5 Å². The van der Waals surface area contributed by atoms with Crippen LogP contribution in [0.4, 0.5) is 13.2 Å². The van der Waals surface area contributed by atoms with Gasteiger partial charge in [-0.15, -0.1) is 0 Å². The molecule has 0 amide bonds. The van der Waals surface area contributed by atoms with Crippen LogP contribution in [0.3, 0.4) is 0 Å². The molecule has 0 radical (unpaired) electrons. The average Bonchev–Trinajstić information content (AvgIpc) is 2.76. The fourth-order valence-electron chi connectivity index (χ4n) is 3.27. The van der Waals surface area contributed by atoms with Gasteiger partial charge in [0.15, 0.2) is 11.6 Å². The molecule has 0 spiro atoms. The second-order valence-electron chi connectivity index (χ2n) is 5.03. The molecule has 2 saturated carbocycles. The number of fused-ring (bicyclic) bond motifs is 1. The molecule has 0 bridgehead atoms. The third-order valence-corrected chi connectivity index (χ3v) is 5.25. The van der Waals surface area contributed by atoms with E-state index in [9.17, 15) is 13.2 Å². The second-order valence-corrected chi connectivity index (χ2v) is 6.01. The summed E-state index contributed by atoms with van der Waals surface area (Å²) >= 11 is 3.45. The van der Waals surface area contributed by atoms with Crippen molar-refractivity contribution in [1.82, 2.24) is 0 Å². The van der Waals surface area contributed by atoms with Crippen LogP contribution in [0.25, 0.3) is 0 Å². The molecule has 2 aliphatic carbocycles. The van der Waals surface area contributed by atoms with Crippen molar-refractivity contribution in [2.45, 2.75) is 24.1 Å². The Morgan fingerprint density at radius 1 is 1.00 bits per heavy atom. The van der Waals surface area contributed by atoms with Gasteiger partial charge in [-0.1, -0.05) is 22.4 Å². The molecule has 0 heterocycles. The summed E-state index contributed by atoms with van der Waals surface area (Å²) in [5.74, 6) is -1.07. The normalized spacial score (nSPS) is 32.4. The van der Waals surface area contributed by atoms with Crippen molar-refractivity contribution in [2.75, 3.05) is 0 Å². The maximum atomic E-state index is 13.6. The van der Waals surface area contributed by atoms with E-state index in [1.807, 2.05) is 0 Å². The molecule has 17 heavy (non-hydrogen) atoms. The summed E-state index contributed by atoms with van der Waals surface area (Å²) in [6.45, 7) is 0. The van der Waals surface area contributed by atoms with Crippen molar-refractivity contribution in [1.29, 1.82) is 0 Å². The molecule has 0 N–H and O–H groups in total. The zero-order valence-corrected chi connectivity index (χ0v) is 10.7. The van der Waals surface area contributed by atoms with E-state index in [4.69, 9.17) is 0 Å². The molecule has 92 valence electrons. The Balaban J connectivity index is 1.87. The van der Waals surface area contributed by atoms with Crippen LogP contribution in [-0.2, 0) is 0 Å². The van der Waals surface area contributed by atoms with E-state index in [1.54, 1.807) is 0 Å². The molecule has 1 aromatic rings. The number of benzene rings is 1. The van der Waals surface area contributed by atoms with Gasteiger partial charge in [0.1, 0.15) is 5.82 Å². The van der Waals surface area contributed by atoms with Crippen molar-refractivity contribution in [3.8, 4) is 0 Å². The topological polar surface area (TPSA) is 0 Å². The van der Waals surface area contributed by atoms with E-state index in [0.29, 0.717) is 23.8 Å². The van der Waals surface area contributed by atoms with Crippen LogP contribution < -0.4 is 0 Å². The molecule has 3 unspecified atom stereocenters. The Morgan fingerprint density at radius 2 is 1.59 bits per heavy atom. The molecule has 4 heteroatoms. The summed E-state index contributed by atoms with van der Waals surface area (Å²) in [6, 6.07) is 1.62. The first kappa shape index (κ1) is 11.6. The lowest BCUT2D eigenvalue weighted by molar-refractivity contribution is 0.484. The van der Waals surface area contributed by atoms with E-state index in [0.717, 1.165) is 6.07 Å². The lowest BCUT2D eigenvalue weighted by atomic mass is 10.0. The van der Waals surface area contributed by atoms with Gasteiger partial charge in [-0.05, 0) is 36.7 Å². The smallest absolute Gasteiger partial charge is 0.161 e. The summed E-state index contributed by atoms with van der Waals surface area (Å²) in [5, 5.41) is 0. The highest BCUT2D eigenvalue weighted by Crippen LogP contribution is 2.64. The highest BCUT2D eigenvalue weighted by atomic mass is 79.9. The zero-order chi connectivity index (χ0) is 12.2. The third kappa shape index (κ3) is 1.81. The molecule has 0 aliphatic heterocycles. The zero-order valence-electron chi connectivity index (χ0n) is 9.10. The predicted molar refractivity (Wildman–Crippen MR) is 62.3 cm³/mol. The Hall–Kier alpha value is -0.510. The Morgan fingerprint density at radius 3 is 2.24 bits per heavy atom. The summed E-state index contributed by atoms with van der Waals surface area (Å²) < 4.78 is 39.6. The van der Waals surface area contributed by atoms with Crippen LogP contribution in [-0.4, -0.2) is 0 Å². The first-order valence-corrected chi connectivity index (χ1v) is 6.79. The number of halogens is 4. The molecule has 3 atom stereocenters. The Kier molecular flexibility index (Phi) is 2.73. The highest BCUT2D eigenvalue weighted by molar-refractivity contribution is 9.09. The Labute approximate surface area is 106 Å². The second kappa shape index (κ2) is 4.01. The van der Waals surface area contributed by atoms with Gasteiger partial charge in [-0.3, -0.25) is 0 Å². The van der Waals surface area contributed by atoms with Crippen LogP contribution in [0, 0.1) is 35.2 Å². The van der Waals surface area contributed by atoms with E-state index >= 15 is 0 Å². The molecular weight excluding hydrogens is 293 g/mol. The quantitative estimate of drug-likeness (QED) is 0.554. The molecule has 0 nitrogen and oxygen atoms in total. The van der Waals surface area contributed by atoms with Gasteiger partial charge in [0, 0.05) is 16.5 Å². The minimum absolute atomic E-state index is 0.187. The van der Waals surface area contributed by atoms with Crippen molar-refractivity contribution < 1.29 is 13.2 Å². The standard InChI is InChI=1S/C13H12BrF3/c14-13(12-6-2-1-3-7(6)12)8-4-10(16)11(17)5-9(8)15/h4-7,12-13H,1-3H2. The highest BCUT2D eigenvalue weighted by Gasteiger charge is 2.55. The lowest BCUT2D eigenvalue weighted by Crippen LogP contribution is -2.03. The van der Waals surface area contributed by atoms with Crippen molar-refractivity contribution in [3.05, 3.63) is 35.1 Å². The fraction of sp³-hybridized carbons (Fsp3) is 0.538. The van der Waals surface area contributed by atoms with Gasteiger partial charge >= 0.3 is 0 Å². The van der Waals surface area contributed by atoms with Crippen molar-refractivity contribution in [2.24, 2.45) is 17.8 Å². The van der Waals surface area contributed by atoms with Crippen molar-refractivity contribution in [3.63, 3.8) is 0 Å². The minimum atomic E-state index is -1.12. The average molecular weight is 305 g/mol. The maximum Gasteiger partial charge on any atom is 0.161 e. The summed E-state index contributed by atoms with van der Waals surface area (Å²) in [7, 11) is 0. The summed E-state index contributed by atoms with van der Waals surface area (Å²) in [5.41, 5.74) is 0.253. The number of hydrogen-bond acceptors (Lipinski definition) is 0. The summed E-state index contributed by atoms with van der Waals surface area (Å²) in [6.07, 6.45) is 3.61. The monoisotopic (exact) mass is 304 g/mol. The van der Waals surface area contributed by atoms with Gasteiger partial charge in [0.05, 0.1) is 0 Å². The maximum absolute atomic E-state index is 13.6. The van der Waals surface area contributed by atoms with E-state index in [2.05, 4.69) is 15.9 Å². The number of hydrogen-bond donors (Lipinski definition) is 0. The summed E-state index contributed by atoms with van der Waals surface area (Å²) in [4.78, 5) is -0.187. The molecular formula is C13H12BrF3. The molecule has 3 rings (SSSR count). The SMILES string of the molecule is Fc1cc(F)c(C(Br)C2C3CCCC32)cc1F. The first-order valence-electron chi connectivity index (χ1n) is 5.88. The van der Waals surface area contributed by atoms with Gasteiger partial charge in [-0.25, -0.2) is 13.2 Å². The molecule has 2 aliphatic rings. The van der Waals surface area contributed by atoms with Crippen molar-refractivity contribution >= 4 is 15.9 Å². The molecule has 2 fully saturated rings. The molecule has 1 aromatic carbocycles. The fourth-order valence-corrected chi connectivity index (χ4v) is 4.40. The number of rotatable bonds is 2. The Bertz CT molecular complexity index is 450. The van der Waals surface area contributed by atoms with E-state index in [1.165, 1.54) is 19.3 Å². The molecule has 0 saturated heterocycles. The van der Waals surface area contributed by atoms with Gasteiger partial charge < -0.3 is 0 Å². The van der Waals surface area contributed by atoms with Crippen LogP contribution in [0.1, 0.15) is 29.7 Å².